The molecule has 0 aliphatic rings. The molecule has 0 radical (unpaired) electrons. The monoisotopic (exact) mass is 217 g/mol. The Balaban J connectivity index is 2.86. The van der Waals surface area contributed by atoms with Crippen molar-refractivity contribution in [2.24, 2.45) is 0 Å². The molecule has 3 heteroatoms. The van der Waals surface area contributed by atoms with Gasteiger partial charge in [-0.15, -0.1) is 0 Å². The van der Waals surface area contributed by atoms with E-state index >= 15 is 0 Å². The van der Waals surface area contributed by atoms with Crippen molar-refractivity contribution < 1.29 is 9.53 Å². The number of methoxy groups -OCH3 is 1. The number of rotatable bonds is 4. The van der Waals surface area contributed by atoms with Gasteiger partial charge in [-0.3, -0.25) is 0 Å². The molecule has 1 rings (SSSR count). The van der Waals surface area contributed by atoms with Gasteiger partial charge >= 0.3 is 5.97 Å². The summed E-state index contributed by atoms with van der Waals surface area (Å²) < 4.78 is 4.52. The van der Waals surface area contributed by atoms with Gasteiger partial charge in [0.2, 0.25) is 0 Å². The third kappa shape index (κ3) is 3.35. The predicted octanol–water partition coefficient (Wildman–Crippen LogP) is 2.37. The van der Waals surface area contributed by atoms with Gasteiger partial charge in [-0.2, -0.15) is 0 Å². The van der Waals surface area contributed by atoms with Gasteiger partial charge in [0, 0.05) is 12.5 Å². The molecule has 1 N–H and O–H groups in total. The van der Waals surface area contributed by atoms with E-state index in [0.717, 1.165) is 16.7 Å². The largest absolute Gasteiger partial charge is 0.466 e. The number of ether oxygens (including phenoxy) is 1. The lowest BCUT2D eigenvalue weighted by Crippen LogP contribution is -1.94. The molecule has 0 atom stereocenters. The molecule has 1 aromatic rings. The number of hydrogen-bond donors (Lipinski definition) is 1. The van der Waals surface area contributed by atoms with E-state index in [0.29, 0.717) is 6.42 Å². The fourth-order valence-corrected chi connectivity index (χ4v) is 1.40. The Morgan fingerprint density at radius 1 is 1.50 bits per heavy atom. The van der Waals surface area contributed by atoms with Gasteiger partial charge in [0.25, 0.3) is 0 Å². The average molecular weight is 217 g/mol. The Labute approximate surface area is 95.3 Å². The quantitative estimate of drug-likeness (QED) is 0.478. The van der Waals surface area contributed by atoms with Gasteiger partial charge < -0.3 is 10.1 Å². The molecule has 0 unspecified atom stereocenters. The fourth-order valence-electron chi connectivity index (χ4n) is 1.40. The van der Waals surface area contributed by atoms with Gasteiger partial charge in [-0.05, 0) is 35.9 Å². The van der Waals surface area contributed by atoms with Crippen LogP contribution in [0, 0.1) is 12.3 Å². The summed E-state index contributed by atoms with van der Waals surface area (Å²) >= 11 is 0. The first-order valence-electron chi connectivity index (χ1n) is 5.02. The van der Waals surface area contributed by atoms with Crippen molar-refractivity contribution in [2.45, 2.75) is 13.3 Å². The molecule has 0 aromatic heterocycles. The Hall–Kier alpha value is -1.90. The van der Waals surface area contributed by atoms with Crippen molar-refractivity contribution in [2.75, 3.05) is 7.11 Å². The minimum absolute atomic E-state index is 0.358. The van der Waals surface area contributed by atoms with E-state index in [9.17, 15) is 4.79 Å². The topological polar surface area (TPSA) is 50.2 Å². The molecule has 0 spiro atoms. The summed E-state index contributed by atoms with van der Waals surface area (Å²) in [5.41, 5.74) is 3.17. The Morgan fingerprint density at radius 3 is 2.81 bits per heavy atom. The second kappa shape index (κ2) is 5.85. The number of benzene rings is 1. The minimum atomic E-state index is -0.358. The highest BCUT2D eigenvalue weighted by Gasteiger charge is 1.98. The van der Waals surface area contributed by atoms with Crippen LogP contribution in [-0.2, 0) is 16.0 Å². The van der Waals surface area contributed by atoms with E-state index in [1.54, 1.807) is 6.08 Å². The normalized spacial score (nSPS) is 10.4. The second-order valence-corrected chi connectivity index (χ2v) is 3.46. The first-order chi connectivity index (χ1) is 7.67. The van der Waals surface area contributed by atoms with Crippen LogP contribution in [-0.4, -0.2) is 19.3 Å². The smallest absolute Gasteiger partial charge is 0.330 e. The number of aryl methyl sites for hydroxylation is 1. The van der Waals surface area contributed by atoms with Crippen LogP contribution in [0.4, 0.5) is 0 Å². The van der Waals surface area contributed by atoms with Crippen LogP contribution in [0.3, 0.4) is 0 Å². The lowest BCUT2D eigenvalue weighted by Gasteiger charge is -2.03. The molecule has 0 amide bonds. The average Bonchev–Trinajstić information content (AvgIpc) is 2.28. The number of carbonyl (C=O) groups is 1. The highest BCUT2D eigenvalue weighted by Crippen LogP contribution is 2.13. The van der Waals surface area contributed by atoms with Crippen molar-refractivity contribution in [1.29, 1.82) is 5.41 Å². The third-order valence-corrected chi connectivity index (χ3v) is 2.27. The van der Waals surface area contributed by atoms with Crippen molar-refractivity contribution in [3.8, 4) is 0 Å². The lowest BCUT2D eigenvalue weighted by atomic mass is 10.0. The summed E-state index contributed by atoms with van der Waals surface area (Å²) in [5.74, 6) is -0.358. The number of esters is 1. The fraction of sp³-hybridized carbons (Fsp3) is 0.231. The number of nitrogens with one attached hydrogen (secondary N) is 1. The Bertz CT molecular complexity index is 422. The molecule has 3 nitrogen and oxygen atoms in total. The molecule has 0 aliphatic carbocycles. The summed E-state index contributed by atoms with van der Waals surface area (Å²) in [5, 5.41) is 7.03. The van der Waals surface area contributed by atoms with Crippen molar-refractivity contribution in [3.05, 3.63) is 41.0 Å². The van der Waals surface area contributed by atoms with Crippen LogP contribution < -0.4 is 0 Å². The van der Waals surface area contributed by atoms with Crippen LogP contribution in [0.15, 0.2) is 24.3 Å². The SMILES string of the molecule is COC(=O)/C=C/c1ccc(CC=N)cc1C. The molecule has 1 aromatic carbocycles. The zero-order valence-corrected chi connectivity index (χ0v) is 9.49. The maximum atomic E-state index is 10.9. The van der Waals surface area contributed by atoms with Crippen LogP contribution in [0.2, 0.25) is 0 Å². The van der Waals surface area contributed by atoms with Crippen molar-refractivity contribution in [1.82, 2.24) is 0 Å². The summed E-state index contributed by atoms with van der Waals surface area (Å²) in [6, 6.07) is 5.91. The molecule has 16 heavy (non-hydrogen) atoms. The maximum Gasteiger partial charge on any atom is 0.330 e. The summed E-state index contributed by atoms with van der Waals surface area (Å²) in [6.45, 7) is 1.98. The highest BCUT2D eigenvalue weighted by atomic mass is 16.5. The Kier molecular flexibility index (Phi) is 4.45. The minimum Gasteiger partial charge on any atom is -0.466 e. The zero-order valence-electron chi connectivity index (χ0n) is 9.49. The van der Waals surface area contributed by atoms with E-state index in [2.05, 4.69) is 4.74 Å². The lowest BCUT2D eigenvalue weighted by molar-refractivity contribution is -0.134. The molecule has 0 fully saturated rings. The predicted molar refractivity (Wildman–Crippen MR) is 64.7 cm³/mol. The van der Waals surface area contributed by atoms with Gasteiger partial charge in [0.05, 0.1) is 7.11 Å². The number of hydrogen-bond acceptors (Lipinski definition) is 3. The zero-order chi connectivity index (χ0) is 12.0. The molecular weight excluding hydrogens is 202 g/mol. The maximum absolute atomic E-state index is 10.9. The first-order valence-corrected chi connectivity index (χ1v) is 5.02. The van der Waals surface area contributed by atoms with E-state index in [-0.39, 0.29) is 5.97 Å². The van der Waals surface area contributed by atoms with Crippen LogP contribution in [0.1, 0.15) is 16.7 Å². The van der Waals surface area contributed by atoms with Gasteiger partial charge in [0.15, 0.2) is 0 Å². The second-order valence-electron chi connectivity index (χ2n) is 3.46. The standard InChI is InChI=1S/C13H15NO2/c1-10-9-11(7-8-14)3-4-12(10)5-6-13(15)16-2/h3-6,8-9,14H,7H2,1-2H3/b6-5+,14-8?. The van der Waals surface area contributed by atoms with Gasteiger partial charge in [0.1, 0.15) is 0 Å². The molecular formula is C13H15NO2. The molecule has 0 heterocycles. The summed E-state index contributed by atoms with van der Waals surface area (Å²) in [4.78, 5) is 10.9. The van der Waals surface area contributed by atoms with Crippen LogP contribution >= 0.6 is 0 Å². The first kappa shape index (κ1) is 12.2. The Morgan fingerprint density at radius 2 is 2.25 bits per heavy atom. The number of carbonyl (C=O) groups excluding carboxylic acids is 1. The molecule has 0 aliphatic heterocycles. The molecule has 84 valence electrons. The van der Waals surface area contributed by atoms with Gasteiger partial charge in [-0.25, -0.2) is 4.79 Å². The third-order valence-electron chi connectivity index (χ3n) is 2.27. The van der Waals surface area contributed by atoms with Crippen LogP contribution in [0.25, 0.3) is 6.08 Å². The van der Waals surface area contributed by atoms with E-state index < -0.39 is 0 Å². The van der Waals surface area contributed by atoms with E-state index in [1.165, 1.54) is 19.4 Å². The molecule has 0 bridgehead atoms. The van der Waals surface area contributed by atoms with Crippen molar-refractivity contribution >= 4 is 18.3 Å². The van der Waals surface area contributed by atoms with E-state index in [4.69, 9.17) is 5.41 Å². The molecule has 0 saturated heterocycles. The van der Waals surface area contributed by atoms with Crippen molar-refractivity contribution in [3.63, 3.8) is 0 Å². The van der Waals surface area contributed by atoms with E-state index in [1.807, 2.05) is 25.1 Å². The van der Waals surface area contributed by atoms with Gasteiger partial charge in [-0.1, -0.05) is 18.2 Å². The highest BCUT2D eigenvalue weighted by molar-refractivity contribution is 5.87. The molecule has 0 saturated carbocycles. The summed E-state index contributed by atoms with van der Waals surface area (Å²) in [6.07, 6.45) is 5.15. The van der Waals surface area contributed by atoms with Crippen LogP contribution in [0.5, 0.6) is 0 Å². The summed E-state index contributed by atoms with van der Waals surface area (Å²) in [7, 11) is 1.35.